The molecule has 1 heterocycles. The summed E-state index contributed by atoms with van der Waals surface area (Å²) in [5.41, 5.74) is 1.30. The summed E-state index contributed by atoms with van der Waals surface area (Å²) in [7, 11) is 0. The average molecular weight is 381 g/mol. The quantitative estimate of drug-likeness (QED) is 0.678. The summed E-state index contributed by atoms with van der Waals surface area (Å²) in [5.74, 6) is -1.94. The maximum absolute atomic E-state index is 12.9. The maximum atomic E-state index is 12.9. The number of carbonyl (C=O) groups excluding carboxylic acids is 2. The van der Waals surface area contributed by atoms with Crippen molar-refractivity contribution < 1.29 is 19.5 Å². The fraction of sp³-hybridized carbons (Fsp3) is 0.333. The number of carboxylic acid groups (broad SMARTS) is 1. The van der Waals surface area contributed by atoms with Crippen molar-refractivity contribution in [3.63, 3.8) is 0 Å². The van der Waals surface area contributed by atoms with Gasteiger partial charge in [0.15, 0.2) is 0 Å². The summed E-state index contributed by atoms with van der Waals surface area (Å²) >= 11 is 0. The molecule has 0 radical (unpaired) electrons. The molecule has 7 nitrogen and oxygen atoms in total. The lowest BCUT2D eigenvalue weighted by atomic mass is 10.0. The fourth-order valence-corrected chi connectivity index (χ4v) is 3.44. The molecule has 3 rings (SSSR count). The topological polar surface area (TPSA) is 108 Å². The van der Waals surface area contributed by atoms with Gasteiger partial charge in [-0.3, -0.25) is 19.4 Å². The molecular weight excluding hydrogens is 358 g/mol. The first-order valence-corrected chi connectivity index (χ1v) is 9.31. The molecule has 2 amide bonds. The molecule has 1 aromatic heterocycles. The van der Waals surface area contributed by atoms with Crippen LogP contribution in [-0.2, 0) is 16.0 Å². The third-order valence-electron chi connectivity index (χ3n) is 4.96. The zero-order chi connectivity index (χ0) is 19.9. The van der Waals surface area contributed by atoms with E-state index in [0.717, 1.165) is 5.56 Å². The van der Waals surface area contributed by atoms with Crippen LogP contribution in [0.2, 0.25) is 0 Å². The number of nitrogens with one attached hydrogen (secondary N) is 2. The Bertz CT molecular complexity index is 826. The third-order valence-corrected chi connectivity index (χ3v) is 4.96. The van der Waals surface area contributed by atoms with Gasteiger partial charge in [-0.05, 0) is 37.0 Å². The third kappa shape index (κ3) is 5.16. The number of carbonyl (C=O) groups is 3. The molecule has 1 aromatic carbocycles. The molecule has 0 spiro atoms. The molecule has 146 valence electrons. The SMILES string of the molecule is O=C(NC(Cc1ccccc1)C(=O)N[C@H]1CC[C@@H](C(=O)O)C1)c1cccnc1. The van der Waals surface area contributed by atoms with Gasteiger partial charge in [-0.1, -0.05) is 30.3 Å². The van der Waals surface area contributed by atoms with Crippen LogP contribution in [0.4, 0.5) is 0 Å². The Labute approximate surface area is 163 Å². The van der Waals surface area contributed by atoms with Crippen molar-refractivity contribution in [1.29, 1.82) is 0 Å². The molecule has 0 aliphatic heterocycles. The lowest BCUT2D eigenvalue weighted by Gasteiger charge is -2.21. The van der Waals surface area contributed by atoms with E-state index in [2.05, 4.69) is 15.6 Å². The number of amides is 2. The highest BCUT2D eigenvalue weighted by molar-refractivity contribution is 5.97. The smallest absolute Gasteiger partial charge is 0.306 e. The van der Waals surface area contributed by atoms with Crippen LogP contribution in [0.15, 0.2) is 54.9 Å². The van der Waals surface area contributed by atoms with Crippen LogP contribution in [0.3, 0.4) is 0 Å². The van der Waals surface area contributed by atoms with E-state index in [1.807, 2.05) is 30.3 Å². The van der Waals surface area contributed by atoms with Gasteiger partial charge in [-0.15, -0.1) is 0 Å². The van der Waals surface area contributed by atoms with Crippen LogP contribution >= 0.6 is 0 Å². The highest BCUT2D eigenvalue weighted by Crippen LogP contribution is 2.25. The zero-order valence-electron chi connectivity index (χ0n) is 15.4. The second kappa shape index (κ2) is 9.12. The highest BCUT2D eigenvalue weighted by Gasteiger charge is 2.32. The summed E-state index contributed by atoms with van der Waals surface area (Å²) in [6, 6.07) is 11.8. The van der Waals surface area contributed by atoms with Gasteiger partial charge in [0, 0.05) is 24.9 Å². The van der Waals surface area contributed by atoms with Crippen molar-refractivity contribution >= 4 is 17.8 Å². The van der Waals surface area contributed by atoms with Crippen molar-refractivity contribution in [2.24, 2.45) is 5.92 Å². The van der Waals surface area contributed by atoms with Crippen LogP contribution in [0.25, 0.3) is 0 Å². The number of nitrogens with zero attached hydrogens (tertiary/aromatic N) is 1. The van der Waals surface area contributed by atoms with Crippen LogP contribution in [-0.4, -0.2) is 40.0 Å². The van der Waals surface area contributed by atoms with Crippen LogP contribution < -0.4 is 10.6 Å². The monoisotopic (exact) mass is 381 g/mol. The van der Waals surface area contributed by atoms with Crippen molar-refractivity contribution in [3.8, 4) is 0 Å². The van der Waals surface area contributed by atoms with Gasteiger partial charge >= 0.3 is 5.97 Å². The summed E-state index contributed by atoms with van der Waals surface area (Å²) in [6.45, 7) is 0. The first kappa shape index (κ1) is 19.5. The molecule has 0 bridgehead atoms. The minimum Gasteiger partial charge on any atom is -0.481 e. The predicted octanol–water partition coefficient (Wildman–Crippen LogP) is 1.79. The van der Waals surface area contributed by atoms with E-state index in [1.165, 1.54) is 6.20 Å². The number of benzene rings is 1. The molecule has 2 aromatic rings. The van der Waals surface area contributed by atoms with Gasteiger partial charge in [0.2, 0.25) is 5.91 Å². The Morgan fingerprint density at radius 1 is 1.11 bits per heavy atom. The Hall–Kier alpha value is -3.22. The Kier molecular flexibility index (Phi) is 6.37. The molecular formula is C21H23N3O4. The molecule has 28 heavy (non-hydrogen) atoms. The van der Waals surface area contributed by atoms with Gasteiger partial charge in [-0.25, -0.2) is 0 Å². The fourth-order valence-electron chi connectivity index (χ4n) is 3.44. The van der Waals surface area contributed by atoms with Gasteiger partial charge < -0.3 is 15.7 Å². The number of aromatic nitrogens is 1. The second-order valence-corrected chi connectivity index (χ2v) is 7.01. The number of hydrogen-bond acceptors (Lipinski definition) is 4. The first-order valence-electron chi connectivity index (χ1n) is 9.31. The zero-order valence-corrected chi connectivity index (χ0v) is 15.4. The Balaban J connectivity index is 1.69. The lowest BCUT2D eigenvalue weighted by Crippen LogP contribution is -2.50. The number of pyridine rings is 1. The van der Waals surface area contributed by atoms with E-state index < -0.39 is 17.9 Å². The van der Waals surface area contributed by atoms with E-state index in [0.29, 0.717) is 31.2 Å². The minimum absolute atomic E-state index is 0.192. The van der Waals surface area contributed by atoms with Crippen molar-refractivity contribution in [2.45, 2.75) is 37.8 Å². The predicted molar refractivity (Wildman–Crippen MR) is 103 cm³/mol. The van der Waals surface area contributed by atoms with Gasteiger partial charge in [-0.2, -0.15) is 0 Å². The Morgan fingerprint density at radius 2 is 1.89 bits per heavy atom. The van der Waals surface area contributed by atoms with Crippen LogP contribution in [0.1, 0.15) is 35.2 Å². The standard InChI is InChI=1S/C21H23N3O4/c25-19(16-7-4-10-22-13-16)24-18(11-14-5-2-1-3-6-14)20(26)23-17-9-8-15(12-17)21(27)28/h1-7,10,13,15,17-18H,8-9,11-12H2,(H,23,26)(H,24,25)(H,27,28)/t15-,17+,18?/m1/s1. The van der Waals surface area contributed by atoms with Gasteiger partial charge in [0.1, 0.15) is 6.04 Å². The molecule has 1 unspecified atom stereocenters. The second-order valence-electron chi connectivity index (χ2n) is 7.01. The average Bonchev–Trinajstić information content (AvgIpc) is 3.17. The molecule has 1 aliphatic carbocycles. The summed E-state index contributed by atoms with van der Waals surface area (Å²) in [6.07, 6.45) is 4.94. The van der Waals surface area contributed by atoms with E-state index in [1.54, 1.807) is 18.3 Å². The molecule has 3 atom stereocenters. The molecule has 1 saturated carbocycles. The molecule has 1 aliphatic rings. The molecule has 3 N–H and O–H groups in total. The number of rotatable bonds is 7. The Morgan fingerprint density at radius 3 is 2.54 bits per heavy atom. The largest absolute Gasteiger partial charge is 0.481 e. The summed E-state index contributed by atoms with van der Waals surface area (Å²) in [5, 5.41) is 14.8. The minimum atomic E-state index is -0.831. The van der Waals surface area contributed by atoms with E-state index >= 15 is 0 Å². The van der Waals surface area contributed by atoms with E-state index in [9.17, 15) is 14.4 Å². The molecule has 1 fully saturated rings. The molecule has 7 heteroatoms. The van der Waals surface area contributed by atoms with Gasteiger partial charge in [0.05, 0.1) is 11.5 Å². The number of carboxylic acids is 1. The normalized spacial score (nSPS) is 19.6. The summed E-state index contributed by atoms with van der Waals surface area (Å²) < 4.78 is 0. The van der Waals surface area contributed by atoms with Crippen LogP contribution in [0, 0.1) is 5.92 Å². The van der Waals surface area contributed by atoms with Crippen LogP contribution in [0.5, 0.6) is 0 Å². The van der Waals surface area contributed by atoms with E-state index in [-0.39, 0.29) is 17.9 Å². The maximum Gasteiger partial charge on any atom is 0.306 e. The van der Waals surface area contributed by atoms with Gasteiger partial charge in [0.25, 0.3) is 5.91 Å². The number of aliphatic carboxylic acids is 1. The first-order chi connectivity index (χ1) is 13.5. The summed E-state index contributed by atoms with van der Waals surface area (Å²) in [4.78, 5) is 40.4. The van der Waals surface area contributed by atoms with E-state index in [4.69, 9.17) is 5.11 Å². The molecule has 0 saturated heterocycles. The number of hydrogen-bond donors (Lipinski definition) is 3. The lowest BCUT2D eigenvalue weighted by molar-refractivity contribution is -0.141. The van der Waals surface area contributed by atoms with Crippen molar-refractivity contribution in [3.05, 3.63) is 66.0 Å². The van der Waals surface area contributed by atoms with Crippen molar-refractivity contribution in [1.82, 2.24) is 15.6 Å². The highest BCUT2D eigenvalue weighted by atomic mass is 16.4. The van der Waals surface area contributed by atoms with Crippen molar-refractivity contribution in [2.75, 3.05) is 0 Å².